The van der Waals surface area contributed by atoms with Crippen molar-refractivity contribution in [2.75, 3.05) is 19.9 Å². The van der Waals surface area contributed by atoms with E-state index in [1.54, 1.807) is 20.8 Å². The topological polar surface area (TPSA) is 77.2 Å². The SMILES string of the molecule is CCN(CC)/[N+]([O-])=N/OCOC(=O)C(C)(C)C. The normalized spacial score (nSPS) is 12.2. The zero-order chi connectivity index (χ0) is 13.5. The first-order valence-corrected chi connectivity index (χ1v) is 5.55. The van der Waals surface area contributed by atoms with E-state index in [-0.39, 0.29) is 6.79 Å². The monoisotopic (exact) mass is 247 g/mol. The Morgan fingerprint density at radius 3 is 2.29 bits per heavy atom. The predicted octanol–water partition coefficient (Wildman–Crippen LogP) is 1.68. The third-order valence-corrected chi connectivity index (χ3v) is 1.95. The molecule has 0 aromatic rings. The zero-order valence-corrected chi connectivity index (χ0v) is 11.1. The van der Waals surface area contributed by atoms with Crippen LogP contribution in [0.25, 0.3) is 0 Å². The number of hydrazine groups is 1. The third-order valence-electron chi connectivity index (χ3n) is 1.95. The van der Waals surface area contributed by atoms with Gasteiger partial charge in [-0.2, -0.15) is 0 Å². The first-order valence-electron chi connectivity index (χ1n) is 5.55. The van der Waals surface area contributed by atoms with Gasteiger partial charge in [0.25, 0.3) is 6.79 Å². The summed E-state index contributed by atoms with van der Waals surface area (Å²) < 4.78 is 4.76. The first kappa shape index (κ1) is 15.5. The van der Waals surface area contributed by atoms with Crippen LogP contribution in [0, 0.1) is 10.6 Å². The van der Waals surface area contributed by atoms with E-state index in [0.29, 0.717) is 18.1 Å². The summed E-state index contributed by atoms with van der Waals surface area (Å²) in [7, 11) is 0. The fraction of sp³-hybridized carbons (Fsp3) is 0.900. The number of nitrogens with zero attached hydrogens (tertiary/aromatic N) is 3. The molecule has 0 aromatic heterocycles. The molecular weight excluding hydrogens is 226 g/mol. The number of rotatable bonds is 6. The van der Waals surface area contributed by atoms with Gasteiger partial charge >= 0.3 is 5.97 Å². The van der Waals surface area contributed by atoms with E-state index < -0.39 is 11.4 Å². The Bertz CT molecular complexity index is 269. The zero-order valence-electron chi connectivity index (χ0n) is 11.1. The van der Waals surface area contributed by atoms with Crippen LogP contribution >= 0.6 is 0 Å². The van der Waals surface area contributed by atoms with E-state index in [1.807, 2.05) is 13.8 Å². The highest BCUT2D eigenvalue weighted by molar-refractivity contribution is 5.75. The summed E-state index contributed by atoms with van der Waals surface area (Å²) in [6.45, 7) is 9.50. The standard InChI is InChI=1S/C10H21N3O4/c1-6-12(7-2)13(15)11-17-8-16-9(14)10(3,4)5/h6-8H2,1-5H3/b13-11-. The molecule has 0 heterocycles. The van der Waals surface area contributed by atoms with Gasteiger partial charge in [0.1, 0.15) is 0 Å². The van der Waals surface area contributed by atoms with E-state index in [9.17, 15) is 10.0 Å². The molecule has 0 amide bonds. The lowest BCUT2D eigenvalue weighted by Gasteiger charge is -2.15. The summed E-state index contributed by atoms with van der Waals surface area (Å²) in [5.74, 6) is -0.409. The lowest BCUT2D eigenvalue weighted by atomic mass is 9.98. The smallest absolute Gasteiger partial charge is 0.314 e. The van der Waals surface area contributed by atoms with Gasteiger partial charge in [0, 0.05) is 0 Å². The second-order valence-corrected chi connectivity index (χ2v) is 4.40. The van der Waals surface area contributed by atoms with Crippen LogP contribution in [0.2, 0.25) is 0 Å². The highest BCUT2D eigenvalue weighted by atomic mass is 16.8. The molecule has 0 bridgehead atoms. The second kappa shape index (κ2) is 6.93. The molecule has 0 rings (SSSR count). The minimum absolute atomic E-state index is 0.338. The molecule has 0 radical (unpaired) electrons. The molecule has 0 aliphatic carbocycles. The fourth-order valence-electron chi connectivity index (χ4n) is 0.887. The Balaban J connectivity index is 3.99. The van der Waals surface area contributed by atoms with Gasteiger partial charge in [-0.3, -0.25) is 4.79 Å². The van der Waals surface area contributed by atoms with Crippen LogP contribution in [0.4, 0.5) is 0 Å². The van der Waals surface area contributed by atoms with Crippen LogP contribution in [0.1, 0.15) is 34.6 Å². The molecule has 7 heteroatoms. The number of carbonyl (C=O) groups excluding carboxylic acids is 1. The molecule has 0 N–H and O–H groups in total. The molecule has 0 aliphatic heterocycles. The van der Waals surface area contributed by atoms with Crippen molar-refractivity contribution in [2.45, 2.75) is 34.6 Å². The minimum atomic E-state index is -0.598. The van der Waals surface area contributed by atoms with Crippen LogP contribution in [0.5, 0.6) is 0 Å². The van der Waals surface area contributed by atoms with Crippen molar-refractivity contribution in [1.82, 2.24) is 5.01 Å². The first-order chi connectivity index (χ1) is 7.82. The van der Waals surface area contributed by atoms with Crippen LogP contribution in [-0.2, 0) is 14.4 Å². The molecule has 17 heavy (non-hydrogen) atoms. The van der Waals surface area contributed by atoms with Gasteiger partial charge in [-0.15, -0.1) is 5.01 Å². The van der Waals surface area contributed by atoms with Gasteiger partial charge in [-0.1, -0.05) is 0 Å². The molecule has 0 aliphatic rings. The van der Waals surface area contributed by atoms with E-state index in [4.69, 9.17) is 4.74 Å². The molecule has 100 valence electrons. The average Bonchev–Trinajstić information content (AvgIpc) is 2.24. The Morgan fingerprint density at radius 2 is 1.88 bits per heavy atom. The number of ether oxygens (including phenoxy) is 1. The summed E-state index contributed by atoms with van der Waals surface area (Å²) >= 11 is 0. The number of hydrogen-bond donors (Lipinski definition) is 0. The van der Waals surface area contributed by atoms with E-state index in [2.05, 4.69) is 10.1 Å². The molecule has 0 atom stereocenters. The molecule has 0 saturated heterocycles. The van der Waals surface area contributed by atoms with E-state index >= 15 is 0 Å². The number of hydrogen-bond acceptors (Lipinski definition) is 5. The summed E-state index contributed by atoms with van der Waals surface area (Å²) in [5, 5.41) is 15.9. The Labute approximate surface area is 102 Å². The average molecular weight is 247 g/mol. The van der Waals surface area contributed by atoms with Crippen LogP contribution < -0.4 is 0 Å². The molecule has 0 spiro atoms. The van der Waals surface area contributed by atoms with Crippen molar-refractivity contribution in [3.05, 3.63) is 5.21 Å². The largest absolute Gasteiger partial charge is 0.569 e. The van der Waals surface area contributed by atoms with Crippen molar-refractivity contribution in [2.24, 2.45) is 10.7 Å². The Morgan fingerprint density at radius 1 is 1.35 bits per heavy atom. The quantitative estimate of drug-likeness (QED) is 0.178. The van der Waals surface area contributed by atoms with Gasteiger partial charge in [0.2, 0.25) is 5.28 Å². The predicted molar refractivity (Wildman–Crippen MR) is 60.5 cm³/mol. The minimum Gasteiger partial charge on any atom is -0.569 e. The second-order valence-electron chi connectivity index (χ2n) is 4.40. The fourth-order valence-corrected chi connectivity index (χ4v) is 0.887. The summed E-state index contributed by atoms with van der Waals surface area (Å²) in [5.41, 5.74) is -0.598. The van der Waals surface area contributed by atoms with E-state index in [1.165, 1.54) is 5.01 Å². The van der Waals surface area contributed by atoms with Gasteiger partial charge in [-0.05, 0) is 34.6 Å². The maximum atomic E-state index is 11.3. The lowest BCUT2D eigenvalue weighted by molar-refractivity contribution is -0.710. The highest BCUT2D eigenvalue weighted by Gasteiger charge is 2.23. The van der Waals surface area contributed by atoms with Crippen molar-refractivity contribution >= 4 is 5.97 Å². The molecule has 0 unspecified atom stereocenters. The summed E-state index contributed by atoms with van der Waals surface area (Å²) in [4.78, 5) is 16.2. The van der Waals surface area contributed by atoms with Gasteiger partial charge in [0.15, 0.2) is 0 Å². The van der Waals surface area contributed by atoms with Gasteiger partial charge in [-0.25, -0.2) is 0 Å². The Kier molecular flexibility index (Phi) is 6.30. The van der Waals surface area contributed by atoms with Gasteiger partial charge in [0.05, 0.1) is 23.5 Å². The number of esters is 1. The highest BCUT2D eigenvalue weighted by Crippen LogP contribution is 2.14. The summed E-state index contributed by atoms with van der Waals surface area (Å²) in [6.07, 6.45) is 0. The lowest BCUT2D eigenvalue weighted by Crippen LogP contribution is -2.30. The van der Waals surface area contributed by atoms with Crippen molar-refractivity contribution in [3.8, 4) is 0 Å². The maximum absolute atomic E-state index is 11.3. The number of carbonyl (C=O) groups is 1. The van der Waals surface area contributed by atoms with Crippen molar-refractivity contribution < 1.29 is 19.3 Å². The molecule has 0 aromatic carbocycles. The van der Waals surface area contributed by atoms with Crippen molar-refractivity contribution in [1.29, 1.82) is 0 Å². The van der Waals surface area contributed by atoms with E-state index in [0.717, 1.165) is 0 Å². The molecule has 7 nitrogen and oxygen atoms in total. The van der Waals surface area contributed by atoms with Crippen LogP contribution in [0.15, 0.2) is 5.28 Å². The van der Waals surface area contributed by atoms with Crippen molar-refractivity contribution in [3.63, 3.8) is 0 Å². The molecule has 0 saturated carbocycles. The van der Waals surface area contributed by atoms with Crippen LogP contribution in [-0.4, -0.2) is 35.8 Å². The van der Waals surface area contributed by atoms with Crippen LogP contribution in [0.3, 0.4) is 0 Å². The molecule has 0 fully saturated rings. The third kappa shape index (κ3) is 5.94. The maximum Gasteiger partial charge on any atom is 0.314 e. The molecular formula is C10H21N3O4. The summed E-state index contributed by atoms with van der Waals surface area (Å²) in [6, 6.07) is 0. The Hall–Kier alpha value is -1.53. The van der Waals surface area contributed by atoms with Gasteiger partial charge < -0.3 is 14.8 Å².